The molecule has 0 bridgehead atoms. The highest BCUT2D eigenvalue weighted by atomic mass is 14.8. The standard InChI is InChI=1S/C9H22N2/c1-8(2)7-11-5-4-9(3)6-10/h8-9,11H,4-7,10H2,1-3H3/t9-/m1/s1. The molecule has 0 aromatic heterocycles. The van der Waals surface area contributed by atoms with E-state index in [0.717, 1.165) is 25.6 Å². The monoisotopic (exact) mass is 158 g/mol. The maximum atomic E-state index is 5.49. The Labute approximate surface area is 70.5 Å². The molecule has 0 unspecified atom stereocenters. The molecule has 0 rings (SSSR count). The maximum absolute atomic E-state index is 5.49. The van der Waals surface area contributed by atoms with E-state index >= 15 is 0 Å². The van der Waals surface area contributed by atoms with Gasteiger partial charge in [0.1, 0.15) is 0 Å². The smallest absolute Gasteiger partial charge is 0.00258 e. The first-order valence-corrected chi connectivity index (χ1v) is 4.57. The Morgan fingerprint density at radius 2 is 1.91 bits per heavy atom. The van der Waals surface area contributed by atoms with Gasteiger partial charge in [0.2, 0.25) is 0 Å². The van der Waals surface area contributed by atoms with Gasteiger partial charge in [-0.3, -0.25) is 0 Å². The van der Waals surface area contributed by atoms with Crippen LogP contribution in [0.1, 0.15) is 27.2 Å². The normalized spacial score (nSPS) is 13.9. The highest BCUT2D eigenvalue weighted by Crippen LogP contribution is 1.96. The molecule has 0 saturated carbocycles. The van der Waals surface area contributed by atoms with Crippen LogP contribution in [0, 0.1) is 11.8 Å². The number of hydrogen-bond acceptors (Lipinski definition) is 2. The van der Waals surface area contributed by atoms with Gasteiger partial charge in [-0.15, -0.1) is 0 Å². The maximum Gasteiger partial charge on any atom is -0.00258 e. The van der Waals surface area contributed by atoms with Crippen molar-refractivity contribution in [2.75, 3.05) is 19.6 Å². The first-order chi connectivity index (χ1) is 5.16. The molecule has 11 heavy (non-hydrogen) atoms. The summed E-state index contributed by atoms with van der Waals surface area (Å²) in [4.78, 5) is 0. The van der Waals surface area contributed by atoms with Crippen molar-refractivity contribution in [2.45, 2.75) is 27.2 Å². The lowest BCUT2D eigenvalue weighted by Gasteiger charge is -2.10. The van der Waals surface area contributed by atoms with Crippen molar-refractivity contribution in [2.24, 2.45) is 17.6 Å². The largest absolute Gasteiger partial charge is 0.330 e. The number of hydrogen-bond donors (Lipinski definition) is 2. The fourth-order valence-electron chi connectivity index (χ4n) is 0.857. The molecule has 0 spiro atoms. The molecular weight excluding hydrogens is 136 g/mol. The van der Waals surface area contributed by atoms with E-state index in [-0.39, 0.29) is 0 Å². The molecule has 68 valence electrons. The molecule has 0 aliphatic carbocycles. The first kappa shape index (κ1) is 10.9. The minimum atomic E-state index is 0.662. The fraction of sp³-hybridized carbons (Fsp3) is 1.00. The van der Waals surface area contributed by atoms with E-state index < -0.39 is 0 Å². The first-order valence-electron chi connectivity index (χ1n) is 4.57. The van der Waals surface area contributed by atoms with Gasteiger partial charge in [-0.25, -0.2) is 0 Å². The second-order valence-corrected chi connectivity index (χ2v) is 3.73. The lowest BCUT2D eigenvalue weighted by molar-refractivity contribution is 0.482. The SMILES string of the molecule is CC(C)CNCC[C@@H](C)CN. The lowest BCUT2D eigenvalue weighted by Crippen LogP contribution is -2.24. The van der Waals surface area contributed by atoms with Crippen LogP contribution in [0.15, 0.2) is 0 Å². The van der Waals surface area contributed by atoms with Crippen LogP contribution in [0.3, 0.4) is 0 Å². The summed E-state index contributed by atoms with van der Waals surface area (Å²) >= 11 is 0. The molecule has 2 nitrogen and oxygen atoms in total. The third-order valence-corrected chi connectivity index (χ3v) is 1.77. The van der Waals surface area contributed by atoms with Gasteiger partial charge < -0.3 is 11.1 Å². The van der Waals surface area contributed by atoms with Crippen molar-refractivity contribution in [1.82, 2.24) is 5.32 Å². The third-order valence-electron chi connectivity index (χ3n) is 1.77. The molecule has 0 aliphatic rings. The highest BCUT2D eigenvalue weighted by molar-refractivity contribution is 4.56. The van der Waals surface area contributed by atoms with Gasteiger partial charge in [-0.05, 0) is 37.9 Å². The average Bonchev–Trinajstić information content (AvgIpc) is 1.97. The molecule has 0 fully saturated rings. The topological polar surface area (TPSA) is 38.0 Å². The van der Waals surface area contributed by atoms with Crippen LogP contribution in [0.4, 0.5) is 0 Å². The number of nitrogens with two attached hydrogens (primary N) is 1. The fourth-order valence-corrected chi connectivity index (χ4v) is 0.857. The molecule has 0 amide bonds. The van der Waals surface area contributed by atoms with E-state index in [1.807, 2.05) is 0 Å². The molecule has 0 heterocycles. The average molecular weight is 158 g/mol. The van der Waals surface area contributed by atoms with Gasteiger partial charge in [0.25, 0.3) is 0 Å². The summed E-state index contributed by atoms with van der Waals surface area (Å²) in [6, 6.07) is 0. The van der Waals surface area contributed by atoms with Crippen molar-refractivity contribution in [1.29, 1.82) is 0 Å². The Hall–Kier alpha value is -0.0800. The predicted molar refractivity (Wildman–Crippen MR) is 50.5 cm³/mol. The summed E-state index contributed by atoms with van der Waals surface area (Å²) in [7, 11) is 0. The molecular formula is C9H22N2. The van der Waals surface area contributed by atoms with Gasteiger partial charge in [0.15, 0.2) is 0 Å². The molecule has 0 aliphatic heterocycles. The zero-order valence-electron chi connectivity index (χ0n) is 8.06. The molecule has 1 atom stereocenters. The van der Waals surface area contributed by atoms with Gasteiger partial charge in [0, 0.05) is 0 Å². The third kappa shape index (κ3) is 7.82. The zero-order valence-corrected chi connectivity index (χ0v) is 8.06. The van der Waals surface area contributed by atoms with E-state index in [1.54, 1.807) is 0 Å². The quantitative estimate of drug-likeness (QED) is 0.570. The molecule has 2 heteroatoms. The van der Waals surface area contributed by atoms with Crippen LogP contribution in [0.5, 0.6) is 0 Å². The van der Waals surface area contributed by atoms with E-state index in [0.29, 0.717) is 5.92 Å². The van der Waals surface area contributed by atoms with E-state index in [1.165, 1.54) is 6.42 Å². The van der Waals surface area contributed by atoms with Crippen LogP contribution in [-0.2, 0) is 0 Å². The number of nitrogens with one attached hydrogen (secondary N) is 1. The Morgan fingerprint density at radius 3 is 2.36 bits per heavy atom. The second kappa shape index (κ2) is 6.62. The van der Waals surface area contributed by atoms with Crippen LogP contribution >= 0.6 is 0 Å². The Morgan fingerprint density at radius 1 is 1.27 bits per heavy atom. The van der Waals surface area contributed by atoms with Crippen LogP contribution in [0.25, 0.3) is 0 Å². The summed E-state index contributed by atoms with van der Waals surface area (Å²) in [5, 5.41) is 3.39. The minimum absolute atomic E-state index is 0.662. The molecule has 0 radical (unpaired) electrons. The lowest BCUT2D eigenvalue weighted by atomic mass is 10.1. The Kier molecular flexibility index (Phi) is 6.57. The van der Waals surface area contributed by atoms with Gasteiger partial charge >= 0.3 is 0 Å². The summed E-state index contributed by atoms with van der Waals surface area (Å²) < 4.78 is 0. The number of rotatable bonds is 6. The van der Waals surface area contributed by atoms with Crippen molar-refractivity contribution in [3.05, 3.63) is 0 Å². The molecule has 3 N–H and O–H groups in total. The van der Waals surface area contributed by atoms with E-state index in [4.69, 9.17) is 5.73 Å². The van der Waals surface area contributed by atoms with E-state index in [2.05, 4.69) is 26.1 Å². The molecule has 0 aromatic carbocycles. The second-order valence-electron chi connectivity index (χ2n) is 3.73. The van der Waals surface area contributed by atoms with Crippen molar-refractivity contribution in [3.63, 3.8) is 0 Å². The Bertz CT molecular complexity index is 81.6. The Balaban J connectivity index is 3.01. The van der Waals surface area contributed by atoms with Gasteiger partial charge in [0.05, 0.1) is 0 Å². The summed E-state index contributed by atoms with van der Waals surface area (Å²) in [6.45, 7) is 9.67. The van der Waals surface area contributed by atoms with Gasteiger partial charge in [-0.2, -0.15) is 0 Å². The van der Waals surface area contributed by atoms with Crippen LogP contribution < -0.4 is 11.1 Å². The summed E-state index contributed by atoms with van der Waals surface area (Å²) in [6.07, 6.45) is 1.20. The van der Waals surface area contributed by atoms with Crippen molar-refractivity contribution < 1.29 is 0 Å². The van der Waals surface area contributed by atoms with Crippen LogP contribution in [-0.4, -0.2) is 19.6 Å². The van der Waals surface area contributed by atoms with E-state index in [9.17, 15) is 0 Å². The summed E-state index contributed by atoms with van der Waals surface area (Å²) in [5.41, 5.74) is 5.49. The van der Waals surface area contributed by atoms with Crippen LogP contribution in [0.2, 0.25) is 0 Å². The van der Waals surface area contributed by atoms with Crippen molar-refractivity contribution >= 4 is 0 Å². The minimum Gasteiger partial charge on any atom is -0.330 e. The molecule has 0 aromatic rings. The van der Waals surface area contributed by atoms with Gasteiger partial charge in [-0.1, -0.05) is 20.8 Å². The summed E-state index contributed by atoms with van der Waals surface area (Å²) in [5.74, 6) is 1.41. The molecule has 0 saturated heterocycles. The zero-order chi connectivity index (χ0) is 8.69. The predicted octanol–water partition coefficient (Wildman–Crippen LogP) is 1.22. The highest BCUT2D eigenvalue weighted by Gasteiger charge is 1.98. The van der Waals surface area contributed by atoms with Crippen molar-refractivity contribution in [3.8, 4) is 0 Å².